The van der Waals surface area contributed by atoms with E-state index in [1.54, 1.807) is 7.11 Å². The lowest BCUT2D eigenvalue weighted by molar-refractivity contribution is 0.0950. The maximum absolute atomic E-state index is 6.46. The van der Waals surface area contributed by atoms with Crippen LogP contribution in [0.5, 0.6) is 0 Å². The van der Waals surface area contributed by atoms with Gasteiger partial charge in [0.15, 0.2) is 0 Å². The lowest BCUT2D eigenvalue weighted by Crippen LogP contribution is -2.50. The standard InChI is InChI=1S/C17H25Cl2NO/c1-12(2)13-9-17(10-13,11-20-6-7-21-3)15-5-4-14(18)8-16(15)19/h4-5,8,12-13,20H,6-7,9-11H2,1-3H3. The van der Waals surface area contributed by atoms with E-state index in [0.717, 1.165) is 36.6 Å². The molecule has 0 spiro atoms. The zero-order valence-electron chi connectivity index (χ0n) is 13.1. The van der Waals surface area contributed by atoms with Crippen LogP contribution in [0, 0.1) is 11.8 Å². The van der Waals surface area contributed by atoms with Gasteiger partial charge in [-0.15, -0.1) is 0 Å². The molecule has 21 heavy (non-hydrogen) atoms. The Morgan fingerprint density at radius 1 is 1.33 bits per heavy atom. The Balaban J connectivity index is 2.13. The number of rotatable bonds is 7. The number of halogens is 2. The van der Waals surface area contributed by atoms with E-state index >= 15 is 0 Å². The van der Waals surface area contributed by atoms with Crippen LogP contribution in [0.25, 0.3) is 0 Å². The summed E-state index contributed by atoms with van der Waals surface area (Å²) in [5, 5.41) is 5.00. The van der Waals surface area contributed by atoms with E-state index in [9.17, 15) is 0 Å². The molecule has 0 unspecified atom stereocenters. The van der Waals surface area contributed by atoms with Crippen molar-refractivity contribution in [2.24, 2.45) is 11.8 Å². The van der Waals surface area contributed by atoms with E-state index in [4.69, 9.17) is 27.9 Å². The van der Waals surface area contributed by atoms with Gasteiger partial charge in [0.1, 0.15) is 0 Å². The van der Waals surface area contributed by atoms with Gasteiger partial charge in [-0.05, 0) is 42.4 Å². The van der Waals surface area contributed by atoms with Crippen molar-refractivity contribution >= 4 is 23.2 Å². The third-order valence-electron chi connectivity index (χ3n) is 4.70. The molecular weight excluding hydrogens is 305 g/mol. The summed E-state index contributed by atoms with van der Waals surface area (Å²) in [7, 11) is 1.73. The minimum Gasteiger partial charge on any atom is -0.383 e. The van der Waals surface area contributed by atoms with Crippen molar-refractivity contribution in [2.75, 3.05) is 26.8 Å². The minimum absolute atomic E-state index is 0.143. The summed E-state index contributed by atoms with van der Waals surface area (Å²) in [5.41, 5.74) is 1.38. The number of hydrogen-bond donors (Lipinski definition) is 1. The highest BCUT2D eigenvalue weighted by molar-refractivity contribution is 6.35. The van der Waals surface area contributed by atoms with E-state index in [0.29, 0.717) is 5.02 Å². The van der Waals surface area contributed by atoms with Gasteiger partial charge in [0.25, 0.3) is 0 Å². The predicted octanol–water partition coefficient (Wildman–Crippen LogP) is 4.53. The van der Waals surface area contributed by atoms with Gasteiger partial charge in [0, 0.05) is 35.7 Å². The van der Waals surface area contributed by atoms with Crippen LogP contribution in [-0.4, -0.2) is 26.8 Å². The molecule has 1 fully saturated rings. The van der Waals surface area contributed by atoms with Crippen molar-refractivity contribution in [1.29, 1.82) is 0 Å². The predicted molar refractivity (Wildman–Crippen MR) is 90.4 cm³/mol. The number of nitrogens with one attached hydrogen (secondary N) is 1. The fourth-order valence-corrected chi connectivity index (χ4v) is 3.91. The van der Waals surface area contributed by atoms with Gasteiger partial charge in [-0.25, -0.2) is 0 Å². The Kier molecular flexibility index (Phi) is 5.96. The van der Waals surface area contributed by atoms with Crippen molar-refractivity contribution in [1.82, 2.24) is 5.32 Å². The smallest absolute Gasteiger partial charge is 0.0587 e. The van der Waals surface area contributed by atoms with Crippen LogP contribution in [-0.2, 0) is 10.2 Å². The van der Waals surface area contributed by atoms with E-state index in [1.165, 1.54) is 18.4 Å². The quantitative estimate of drug-likeness (QED) is 0.742. The van der Waals surface area contributed by atoms with Crippen molar-refractivity contribution in [3.63, 3.8) is 0 Å². The molecule has 2 rings (SSSR count). The molecule has 118 valence electrons. The van der Waals surface area contributed by atoms with Crippen molar-refractivity contribution in [3.8, 4) is 0 Å². The van der Waals surface area contributed by atoms with Crippen molar-refractivity contribution in [3.05, 3.63) is 33.8 Å². The van der Waals surface area contributed by atoms with Crippen LogP contribution in [0.3, 0.4) is 0 Å². The first-order valence-corrected chi connectivity index (χ1v) is 8.39. The van der Waals surface area contributed by atoms with E-state index in [-0.39, 0.29) is 5.41 Å². The first kappa shape index (κ1) is 17.1. The molecule has 1 saturated carbocycles. The fraction of sp³-hybridized carbons (Fsp3) is 0.647. The van der Waals surface area contributed by atoms with E-state index in [1.807, 2.05) is 12.1 Å². The first-order valence-electron chi connectivity index (χ1n) is 7.64. The first-order chi connectivity index (χ1) is 9.98. The topological polar surface area (TPSA) is 21.3 Å². The average molecular weight is 330 g/mol. The summed E-state index contributed by atoms with van der Waals surface area (Å²) in [6.07, 6.45) is 2.37. The summed E-state index contributed by atoms with van der Waals surface area (Å²) < 4.78 is 5.11. The maximum Gasteiger partial charge on any atom is 0.0587 e. The molecule has 0 aromatic heterocycles. The number of ether oxygens (including phenoxy) is 1. The summed E-state index contributed by atoms with van der Waals surface area (Å²) >= 11 is 12.5. The minimum atomic E-state index is 0.143. The summed E-state index contributed by atoms with van der Waals surface area (Å²) in [4.78, 5) is 0. The number of benzene rings is 1. The van der Waals surface area contributed by atoms with Gasteiger partial charge in [0.05, 0.1) is 6.61 Å². The zero-order chi connectivity index (χ0) is 15.5. The zero-order valence-corrected chi connectivity index (χ0v) is 14.6. The van der Waals surface area contributed by atoms with E-state index < -0.39 is 0 Å². The van der Waals surface area contributed by atoms with Gasteiger partial charge in [-0.1, -0.05) is 43.1 Å². The Morgan fingerprint density at radius 2 is 2.05 bits per heavy atom. The highest BCUT2D eigenvalue weighted by Crippen LogP contribution is 2.52. The molecule has 0 heterocycles. The van der Waals surface area contributed by atoms with E-state index in [2.05, 4.69) is 25.2 Å². The van der Waals surface area contributed by atoms with Gasteiger partial charge < -0.3 is 10.1 Å². The molecule has 1 N–H and O–H groups in total. The number of methoxy groups -OCH3 is 1. The van der Waals surface area contributed by atoms with Crippen LogP contribution >= 0.6 is 23.2 Å². The normalized spacial score (nSPS) is 25.1. The van der Waals surface area contributed by atoms with Crippen molar-refractivity contribution < 1.29 is 4.74 Å². The summed E-state index contributed by atoms with van der Waals surface area (Å²) in [6, 6.07) is 5.90. The summed E-state index contributed by atoms with van der Waals surface area (Å²) in [5.74, 6) is 1.50. The molecule has 1 aliphatic rings. The third kappa shape index (κ3) is 3.92. The van der Waals surface area contributed by atoms with Gasteiger partial charge in [-0.3, -0.25) is 0 Å². The molecule has 1 aromatic rings. The lowest BCUT2D eigenvalue weighted by Gasteiger charge is -2.50. The molecule has 0 aliphatic heterocycles. The lowest BCUT2D eigenvalue weighted by atomic mass is 9.56. The van der Waals surface area contributed by atoms with Crippen LogP contribution < -0.4 is 5.32 Å². The van der Waals surface area contributed by atoms with Gasteiger partial charge in [0.2, 0.25) is 0 Å². The van der Waals surface area contributed by atoms with Crippen LogP contribution in [0.4, 0.5) is 0 Å². The average Bonchev–Trinajstić information content (AvgIpc) is 2.37. The molecule has 0 saturated heterocycles. The second-order valence-electron chi connectivity index (χ2n) is 6.49. The second kappa shape index (κ2) is 7.32. The monoisotopic (exact) mass is 329 g/mol. The highest BCUT2D eigenvalue weighted by Gasteiger charge is 2.46. The molecule has 1 aliphatic carbocycles. The Hall–Kier alpha value is -0.280. The maximum atomic E-state index is 6.46. The fourth-order valence-electron chi connectivity index (χ4n) is 3.30. The second-order valence-corrected chi connectivity index (χ2v) is 7.33. The molecule has 0 atom stereocenters. The van der Waals surface area contributed by atoms with Crippen molar-refractivity contribution in [2.45, 2.75) is 32.1 Å². The molecule has 0 amide bonds. The molecule has 0 bridgehead atoms. The molecule has 1 aromatic carbocycles. The highest BCUT2D eigenvalue weighted by atomic mass is 35.5. The molecule has 0 radical (unpaired) electrons. The molecule has 2 nitrogen and oxygen atoms in total. The third-order valence-corrected chi connectivity index (χ3v) is 5.25. The van der Waals surface area contributed by atoms with Gasteiger partial charge in [-0.2, -0.15) is 0 Å². The van der Waals surface area contributed by atoms with Gasteiger partial charge >= 0.3 is 0 Å². The number of hydrogen-bond acceptors (Lipinski definition) is 2. The Labute approximate surface area is 138 Å². The Bertz CT molecular complexity index is 470. The van der Waals surface area contributed by atoms with Crippen LogP contribution in [0.1, 0.15) is 32.3 Å². The summed E-state index contributed by atoms with van der Waals surface area (Å²) in [6.45, 7) is 7.15. The molecular formula is C17H25Cl2NO. The largest absolute Gasteiger partial charge is 0.383 e. The molecule has 4 heteroatoms. The Morgan fingerprint density at radius 3 is 2.62 bits per heavy atom. The van der Waals surface area contributed by atoms with Crippen LogP contribution in [0.2, 0.25) is 10.0 Å². The SMILES string of the molecule is COCCNCC1(c2ccc(Cl)cc2Cl)CC(C(C)C)C1. The van der Waals surface area contributed by atoms with Crippen LogP contribution in [0.15, 0.2) is 18.2 Å².